The van der Waals surface area contributed by atoms with Gasteiger partial charge in [0.2, 0.25) is 0 Å². The molecule has 2 aromatic rings. The van der Waals surface area contributed by atoms with Gasteiger partial charge in [0, 0.05) is 24.8 Å². The summed E-state index contributed by atoms with van der Waals surface area (Å²) in [6.45, 7) is 3.58. The van der Waals surface area contributed by atoms with Crippen LogP contribution >= 0.6 is 28.1 Å². The lowest BCUT2D eigenvalue weighted by Crippen LogP contribution is -2.36. The number of hydrogen-bond acceptors (Lipinski definition) is 2. The minimum atomic E-state index is -0.272. The standard InChI is InChI=1S/C13H14BrFN2OS/c1-13(2-4-18-5-3-13)17-11-7-9(15)8(14)6-10(11)16-12(17)19/h6-7H,2-5H2,1H3,(H,16,19). The maximum Gasteiger partial charge on any atom is 0.178 e. The van der Waals surface area contributed by atoms with E-state index < -0.39 is 0 Å². The number of aromatic nitrogens is 2. The van der Waals surface area contributed by atoms with Crippen molar-refractivity contribution in [3.05, 3.63) is 27.2 Å². The molecule has 0 aliphatic carbocycles. The van der Waals surface area contributed by atoms with Crippen LogP contribution < -0.4 is 0 Å². The van der Waals surface area contributed by atoms with Crippen molar-refractivity contribution < 1.29 is 9.13 Å². The van der Waals surface area contributed by atoms with Crippen molar-refractivity contribution >= 4 is 39.2 Å². The van der Waals surface area contributed by atoms with E-state index in [0.717, 1.165) is 23.9 Å². The second-order valence-electron chi connectivity index (χ2n) is 5.16. The van der Waals surface area contributed by atoms with Gasteiger partial charge in [-0.25, -0.2) is 4.39 Å². The van der Waals surface area contributed by atoms with E-state index in [4.69, 9.17) is 17.0 Å². The summed E-state index contributed by atoms with van der Waals surface area (Å²) in [5.74, 6) is -0.272. The summed E-state index contributed by atoms with van der Waals surface area (Å²) in [7, 11) is 0. The predicted octanol–water partition coefficient (Wildman–Crippen LogP) is 4.13. The van der Waals surface area contributed by atoms with Gasteiger partial charge < -0.3 is 14.3 Å². The highest BCUT2D eigenvalue weighted by Gasteiger charge is 2.31. The highest BCUT2D eigenvalue weighted by molar-refractivity contribution is 9.10. The van der Waals surface area contributed by atoms with Gasteiger partial charge in [0.1, 0.15) is 5.82 Å². The number of ether oxygens (including phenoxy) is 1. The molecule has 19 heavy (non-hydrogen) atoms. The number of hydrogen-bond donors (Lipinski definition) is 1. The lowest BCUT2D eigenvalue weighted by molar-refractivity contribution is 0.0306. The molecule has 6 heteroatoms. The summed E-state index contributed by atoms with van der Waals surface area (Å²) < 4.78 is 22.3. The highest BCUT2D eigenvalue weighted by atomic mass is 79.9. The minimum absolute atomic E-state index is 0.117. The highest BCUT2D eigenvalue weighted by Crippen LogP contribution is 2.33. The molecule has 3 nitrogen and oxygen atoms in total. The molecule has 0 bridgehead atoms. The first-order valence-electron chi connectivity index (χ1n) is 6.19. The monoisotopic (exact) mass is 344 g/mol. The second-order valence-corrected chi connectivity index (χ2v) is 6.40. The van der Waals surface area contributed by atoms with Gasteiger partial charge in [-0.3, -0.25) is 0 Å². The second kappa shape index (κ2) is 4.68. The summed E-state index contributed by atoms with van der Waals surface area (Å²) in [6, 6.07) is 3.27. The average molecular weight is 345 g/mol. The molecule has 0 radical (unpaired) electrons. The quantitative estimate of drug-likeness (QED) is 0.788. The van der Waals surface area contributed by atoms with Crippen LogP contribution in [0.15, 0.2) is 16.6 Å². The molecule has 1 N–H and O–H groups in total. The third-order valence-corrected chi connectivity index (χ3v) is 4.73. The van der Waals surface area contributed by atoms with Gasteiger partial charge in [-0.2, -0.15) is 0 Å². The Labute approximate surface area is 123 Å². The molecule has 0 atom stereocenters. The van der Waals surface area contributed by atoms with Gasteiger partial charge >= 0.3 is 0 Å². The minimum Gasteiger partial charge on any atom is -0.381 e. The number of rotatable bonds is 1. The Bertz CT molecular complexity index is 688. The summed E-state index contributed by atoms with van der Waals surface area (Å²) in [5.41, 5.74) is 1.55. The summed E-state index contributed by atoms with van der Waals surface area (Å²) >= 11 is 8.62. The zero-order valence-electron chi connectivity index (χ0n) is 10.5. The van der Waals surface area contributed by atoms with Gasteiger partial charge in [0.05, 0.1) is 15.5 Å². The van der Waals surface area contributed by atoms with Crippen LogP contribution in [0.2, 0.25) is 0 Å². The molecule has 1 aromatic carbocycles. The van der Waals surface area contributed by atoms with Crippen LogP contribution in [-0.4, -0.2) is 22.8 Å². The SMILES string of the molecule is CC1(n2c(=S)[nH]c3cc(Br)c(F)cc32)CCOCC1. The van der Waals surface area contributed by atoms with Gasteiger partial charge in [0.15, 0.2) is 4.77 Å². The van der Waals surface area contributed by atoms with Crippen LogP contribution in [0.25, 0.3) is 11.0 Å². The Morgan fingerprint density at radius 1 is 1.42 bits per heavy atom. The Morgan fingerprint density at radius 2 is 2.11 bits per heavy atom. The Kier molecular flexibility index (Phi) is 3.27. The molecule has 0 amide bonds. The van der Waals surface area contributed by atoms with E-state index in [1.165, 1.54) is 6.07 Å². The molecule has 1 fully saturated rings. The summed E-state index contributed by atoms with van der Waals surface area (Å²) in [6.07, 6.45) is 1.76. The fraction of sp³-hybridized carbons (Fsp3) is 0.462. The topological polar surface area (TPSA) is 29.9 Å². The van der Waals surface area contributed by atoms with Crippen molar-refractivity contribution in [2.45, 2.75) is 25.3 Å². The normalized spacial score (nSPS) is 18.9. The van der Waals surface area contributed by atoms with E-state index in [0.29, 0.717) is 22.5 Å². The van der Waals surface area contributed by atoms with Crippen LogP contribution in [-0.2, 0) is 10.3 Å². The number of halogens is 2. The van der Waals surface area contributed by atoms with Crippen molar-refractivity contribution in [3.8, 4) is 0 Å². The molecular formula is C13H14BrFN2OS. The number of nitrogens with zero attached hydrogens (tertiary/aromatic N) is 1. The maximum absolute atomic E-state index is 13.8. The number of aromatic amines is 1. The van der Waals surface area contributed by atoms with E-state index >= 15 is 0 Å². The van der Waals surface area contributed by atoms with E-state index in [9.17, 15) is 4.39 Å². The molecule has 0 saturated carbocycles. The first-order valence-corrected chi connectivity index (χ1v) is 7.39. The number of fused-ring (bicyclic) bond motifs is 1. The number of benzene rings is 1. The van der Waals surface area contributed by atoms with Gasteiger partial charge in [-0.05, 0) is 54.0 Å². The van der Waals surface area contributed by atoms with Crippen LogP contribution in [0.4, 0.5) is 4.39 Å². The van der Waals surface area contributed by atoms with Crippen molar-refractivity contribution in [3.63, 3.8) is 0 Å². The molecule has 1 aliphatic rings. The van der Waals surface area contributed by atoms with Gasteiger partial charge in [0.25, 0.3) is 0 Å². The van der Waals surface area contributed by atoms with Crippen molar-refractivity contribution in [2.75, 3.05) is 13.2 Å². The van der Waals surface area contributed by atoms with Crippen molar-refractivity contribution in [1.29, 1.82) is 0 Å². The summed E-state index contributed by atoms with van der Waals surface area (Å²) in [4.78, 5) is 3.16. The lowest BCUT2D eigenvalue weighted by atomic mass is 9.92. The predicted molar refractivity (Wildman–Crippen MR) is 78.5 cm³/mol. The molecule has 0 spiro atoms. The zero-order chi connectivity index (χ0) is 13.6. The molecule has 2 heterocycles. The van der Waals surface area contributed by atoms with Crippen LogP contribution in [0, 0.1) is 10.6 Å². The van der Waals surface area contributed by atoms with Crippen LogP contribution in [0.1, 0.15) is 19.8 Å². The van der Waals surface area contributed by atoms with Gasteiger partial charge in [-0.15, -0.1) is 0 Å². The van der Waals surface area contributed by atoms with E-state index in [1.54, 1.807) is 6.07 Å². The van der Waals surface area contributed by atoms with Crippen molar-refractivity contribution in [2.24, 2.45) is 0 Å². The number of H-pyrrole nitrogens is 1. The van der Waals surface area contributed by atoms with Crippen LogP contribution in [0.5, 0.6) is 0 Å². The molecule has 1 saturated heterocycles. The number of imidazole rings is 1. The van der Waals surface area contributed by atoms with Crippen LogP contribution in [0.3, 0.4) is 0 Å². The Morgan fingerprint density at radius 3 is 2.79 bits per heavy atom. The molecule has 0 unspecified atom stereocenters. The third-order valence-electron chi connectivity index (χ3n) is 3.83. The zero-order valence-corrected chi connectivity index (χ0v) is 12.9. The average Bonchev–Trinajstić information content (AvgIpc) is 2.67. The van der Waals surface area contributed by atoms with E-state index in [-0.39, 0.29) is 11.4 Å². The fourth-order valence-corrected chi connectivity index (χ4v) is 3.44. The third kappa shape index (κ3) is 2.15. The Balaban J connectivity index is 2.25. The number of nitrogens with one attached hydrogen (secondary N) is 1. The largest absolute Gasteiger partial charge is 0.381 e. The fourth-order valence-electron chi connectivity index (χ4n) is 2.67. The lowest BCUT2D eigenvalue weighted by Gasteiger charge is -2.35. The molecule has 1 aromatic heterocycles. The maximum atomic E-state index is 13.8. The molecule has 1 aliphatic heterocycles. The molecule has 102 valence electrons. The summed E-state index contributed by atoms with van der Waals surface area (Å²) in [5, 5.41) is 0. The van der Waals surface area contributed by atoms with E-state index in [1.807, 2.05) is 4.57 Å². The van der Waals surface area contributed by atoms with E-state index in [2.05, 4.69) is 27.8 Å². The first kappa shape index (κ1) is 13.3. The smallest absolute Gasteiger partial charge is 0.178 e. The van der Waals surface area contributed by atoms with Gasteiger partial charge in [-0.1, -0.05) is 0 Å². The first-order chi connectivity index (χ1) is 9.01. The molecule has 3 rings (SSSR count). The Hall–Kier alpha value is -0.720. The molecular weight excluding hydrogens is 331 g/mol. The van der Waals surface area contributed by atoms with Crippen molar-refractivity contribution in [1.82, 2.24) is 9.55 Å².